The largest absolute Gasteiger partial charge is 0.545 e. The van der Waals surface area contributed by atoms with Crippen molar-refractivity contribution < 1.29 is 34.1 Å². The van der Waals surface area contributed by atoms with E-state index in [1.807, 2.05) is 30.3 Å². The van der Waals surface area contributed by atoms with Gasteiger partial charge in [0.25, 0.3) is 0 Å². The van der Waals surface area contributed by atoms with Gasteiger partial charge in [0.1, 0.15) is 25.0 Å². The number of aliphatic hydroxyl groups is 1. The molecule has 0 saturated carbocycles. The van der Waals surface area contributed by atoms with Crippen LogP contribution in [0.1, 0.15) is 71.1 Å². The lowest BCUT2D eigenvalue weighted by molar-refractivity contribution is -0.893. The molecule has 1 aromatic carbocycles. The SMILES string of the molecule is CCCCCCCCCCCC[N+](C)(C)CC(O)COc1ccccc1.O=C([O-])/C=C/C(=O)O. The van der Waals surface area contributed by atoms with E-state index in [1.54, 1.807) is 0 Å². The topological polar surface area (TPSA) is 107 Å². The second kappa shape index (κ2) is 20.0. The van der Waals surface area contributed by atoms with Crippen LogP contribution in [0.5, 0.6) is 5.75 Å². The van der Waals surface area contributed by atoms with Crippen molar-refractivity contribution in [2.24, 2.45) is 0 Å². The van der Waals surface area contributed by atoms with Gasteiger partial charge in [0, 0.05) is 6.08 Å². The lowest BCUT2D eigenvalue weighted by atomic mass is 10.1. The number of hydrogen-bond acceptors (Lipinski definition) is 5. The molecule has 0 aliphatic rings. The van der Waals surface area contributed by atoms with Gasteiger partial charge in [0.05, 0.1) is 26.6 Å². The molecule has 2 N–H and O–H groups in total. The minimum absolute atomic E-state index is 0.365. The first-order valence-corrected chi connectivity index (χ1v) is 12.5. The van der Waals surface area contributed by atoms with Crippen molar-refractivity contribution in [3.05, 3.63) is 42.5 Å². The minimum Gasteiger partial charge on any atom is -0.545 e. The Kier molecular flexibility index (Phi) is 18.6. The van der Waals surface area contributed by atoms with Gasteiger partial charge in [-0.15, -0.1) is 0 Å². The van der Waals surface area contributed by atoms with Gasteiger partial charge in [-0.2, -0.15) is 0 Å². The summed E-state index contributed by atoms with van der Waals surface area (Å²) in [6.07, 6.45) is 14.2. The number of hydrogen-bond donors (Lipinski definition) is 2. The first-order chi connectivity index (χ1) is 16.2. The van der Waals surface area contributed by atoms with E-state index in [4.69, 9.17) is 9.84 Å². The Morgan fingerprint density at radius 2 is 1.47 bits per heavy atom. The Balaban J connectivity index is 0.00000116. The number of likely N-dealkylation sites (N-methyl/N-ethyl adjacent to an activating group) is 1. The predicted octanol–water partition coefficient (Wildman–Crippen LogP) is 3.80. The maximum Gasteiger partial charge on any atom is 0.328 e. The lowest BCUT2D eigenvalue weighted by Gasteiger charge is -2.31. The van der Waals surface area contributed by atoms with Crippen LogP contribution in [0.2, 0.25) is 0 Å². The third-order valence-electron chi connectivity index (χ3n) is 5.37. The molecule has 194 valence electrons. The molecule has 0 saturated heterocycles. The number of carboxylic acids is 2. The van der Waals surface area contributed by atoms with Gasteiger partial charge in [-0.1, -0.05) is 76.5 Å². The molecule has 1 unspecified atom stereocenters. The van der Waals surface area contributed by atoms with Crippen LogP contribution in [0.3, 0.4) is 0 Å². The van der Waals surface area contributed by atoms with Crippen molar-refractivity contribution in [1.82, 2.24) is 0 Å². The fourth-order valence-electron chi connectivity index (χ4n) is 3.59. The predicted molar refractivity (Wildman–Crippen MR) is 133 cm³/mol. The fourth-order valence-corrected chi connectivity index (χ4v) is 3.59. The Hall–Kier alpha value is -2.38. The number of quaternary nitrogens is 1. The van der Waals surface area contributed by atoms with Gasteiger partial charge in [-0.3, -0.25) is 0 Å². The quantitative estimate of drug-likeness (QED) is 0.188. The van der Waals surface area contributed by atoms with Gasteiger partial charge in [0.15, 0.2) is 0 Å². The maximum absolute atomic E-state index is 10.3. The van der Waals surface area contributed by atoms with Crippen molar-refractivity contribution in [3.8, 4) is 5.75 Å². The summed E-state index contributed by atoms with van der Waals surface area (Å²) >= 11 is 0. The summed E-state index contributed by atoms with van der Waals surface area (Å²) in [5.74, 6) is -1.98. The number of para-hydroxylation sites is 1. The van der Waals surface area contributed by atoms with E-state index in [2.05, 4.69) is 21.0 Å². The first-order valence-electron chi connectivity index (χ1n) is 12.5. The van der Waals surface area contributed by atoms with E-state index in [9.17, 15) is 19.8 Å². The zero-order valence-corrected chi connectivity index (χ0v) is 21.3. The number of carbonyl (C=O) groups excluding carboxylic acids is 1. The summed E-state index contributed by atoms with van der Waals surface area (Å²) in [4.78, 5) is 19.0. The highest BCUT2D eigenvalue weighted by molar-refractivity contribution is 5.88. The number of ether oxygens (including phenoxy) is 1. The van der Waals surface area contributed by atoms with Crippen molar-refractivity contribution >= 4 is 11.9 Å². The second-order valence-electron chi connectivity index (χ2n) is 9.29. The number of carboxylic acid groups (broad SMARTS) is 2. The van der Waals surface area contributed by atoms with Gasteiger partial charge in [-0.05, 0) is 31.1 Å². The molecular formula is C27H45NO6. The summed E-state index contributed by atoms with van der Waals surface area (Å²) in [7, 11) is 4.42. The van der Waals surface area contributed by atoms with Crippen LogP contribution in [0, 0.1) is 0 Å². The summed E-state index contributed by atoms with van der Waals surface area (Å²) in [5.41, 5.74) is 0. The van der Waals surface area contributed by atoms with Crippen LogP contribution in [-0.2, 0) is 9.59 Å². The third-order valence-corrected chi connectivity index (χ3v) is 5.37. The van der Waals surface area contributed by atoms with Crippen molar-refractivity contribution in [2.45, 2.75) is 77.2 Å². The number of carbonyl (C=O) groups is 2. The Labute approximate surface area is 205 Å². The zero-order valence-electron chi connectivity index (χ0n) is 21.3. The average molecular weight is 480 g/mol. The summed E-state index contributed by atoms with van der Waals surface area (Å²) < 4.78 is 6.52. The average Bonchev–Trinajstić information content (AvgIpc) is 2.78. The van der Waals surface area contributed by atoms with Gasteiger partial charge < -0.3 is 29.3 Å². The van der Waals surface area contributed by atoms with Gasteiger partial charge in [-0.25, -0.2) is 4.79 Å². The first kappa shape index (κ1) is 31.6. The normalized spacial score (nSPS) is 12.1. The molecule has 34 heavy (non-hydrogen) atoms. The molecule has 0 spiro atoms. The Morgan fingerprint density at radius 1 is 0.941 bits per heavy atom. The monoisotopic (exact) mass is 479 g/mol. The summed E-state index contributed by atoms with van der Waals surface area (Å²) in [6, 6.07) is 9.72. The van der Waals surface area contributed by atoms with E-state index in [-0.39, 0.29) is 0 Å². The molecule has 7 nitrogen and oxygen atoms in total. The number of benzene rings is 1. The molecule has 0 aliphatic carbocycles. The van der Waals surface area contributed by atoms with E-state index >= 15 is 0 Å². The van der Waals surface area contributed by atoms with Crippen LogP contribution in [0.4, 0.5) is 0 Å². The molecule has 0 radical (unpaired) electrons. The zero-order chi connectivity index (χ0) is 25.7. The van der Waals surface area contributed by atoms with Crippen LogP contribution in [0.25, 0.3) is 0 Å². The Bertz CT molecular complexity index is 659. The van der Waals surface area contributed by atoms with Crippen molar-refractivity contribution in [3.63, 3.8) is 0 Å². The molecule has 1 atom stereocenters. The molecule has 0 aliphatic heterocycles. The van der Waals surface area contributed by atoms with Crippen molar-refractivity contribution in [2.75, 3.05) is 33.8 Å². The third kappa shape index (κ3) is 21.5. The molecular weight excluding hydrogens is 434 g/mol. The molecule has 0 aromatic heterocycles. The van der Waals surface area contributed by atoms with Crippen LogP contribution in [-0.4, -0.2) is 66.5 Å². The fraction of sp³-hybridized carbons (Fsp3) is 0.630. The van der Waals surface area contributed by atoms with E-state index < -0.39 is 18.0 Å². The van der Waals surface area contributed by atoms with Gasteiger partial charge >= 0.3 is 5.97 Å². The number of rotatable bonds is 18. The van der Waals surface area contributed by atoms with Crippen LogP contribution >= 0.6 is 0 Å². The number of unbranched alkanes of at least 4 members (excludes halogenated alkanes) is 9. The minimum atomic E-state index is -1.51. The standard InChI is InChI=1S/C23H42NO2.C4H4O4/c1-4-5-6-7-8-9-10-11-12-16-19-24(2,3)20-22(25)21-26-23-17-14-13-15-18-23;5-3(6)1-2-4(7)8/h13-15,17-18,22,25H,4-12,16,19-21H2,1-3H3;1-2H,(H,5,6)(H,7,8)/q+1;/p-1/b;2-1+. The van der Waals surface area contributed by atoms with E-state index in [0.717, 1.165) is 23.3 Å². The van der Waals surface area contributed by atoms with E-state index in [0.29, 0.717) is 18.8 Å². The summed E-state index contributed by atoms with van der Waals surface area (Å²) in [5, 5.41) is 27.5. The molecule has 1 aromatic rings. The Morgan fingerprint density at radius 3 is 1.94 bits per heavy atom. The highest BCUT2D eigenvalue weighted by Crippen LogP contribution is 2.13. The summed E-state index contributed by atoms with van der Waals surface area (Å²) in [6.45, 7) is 4.50. The smallest absolute Gasteiger partial charge is 0.328 e. The molecule has 0 heterocycles. The maximum atomic E-state index is 10.3. The highest BCUT2D eigenvalue weighted by Gasteiger charge is 2.20. The lowest BCUT2D eigenvalue weighted by Crippen LogP contribution is -2.47. The molecule has 0 bridgehead atoms. The molecule has 0 amide bonds. The number of nitrogens with zero attached hydrogens (tertiary/aromatic N) is 1. The van der Waals surface area contributed by atoms with Crippen molar-refractivity contribution in [1.29, 1.82) is 0 Å². The van der Waals surface area contributed by atoms with Gasteiger partial charge in [0.2, 0.25) is 0 Å². The van der Waals surface area contributed by atoms with Crippen LogP contribution < -0.4 is 9.84 Å². The second-order valence-corrected chi connectivity index (χ2v) is 9.29. The molecule has 0 fully saturated rings. The number of aliphatic hydroxyl groups excluding tert-OH is 1. The van der Waals surface area contributed by atoms with E-state index in [1.165, 1.54) is 64.2 Å². The molecule has 7 heteroatoms. The molecule has 1 rings (SSSR count). The highest BCUT2D eigenvalue weighted by atomic mass is 16.5. The van der Waals surface area contributed by atoms with Crippen LogP contribution in [0.15, 0.2) is 42.5 Å². The number of aliphatic carboxylic acids is 2.